The van der Waals surface area contributed by atoms with Gasteiger partial charge in [-0.15, -0.1) is 10.2 Å². The Morgan fingerprint density at radius 3 is 2.33 bits per heavy atom. The van der Waals surface area contributed by atoms with Crippen LogP contribution in [0.3, 0.4) is 0 Å². The third-order valence-electron chi connectivity index (χ3n) is 5.98. The van der Waals surface area contributed by atoms with Gasteiger partial charge >= 0.3 is 0 Å². The van der Waals surface area contributed by atoms with Crippen LogP contribution in [0.25, 0.3) is 22.0 Å². The molecule has 0 bridgehead atoms. The molecule has 0 spiro atoms. The largest absolute Gasteiger partial charge is 0.507 e. The average Bonchev–Trinajstić information content (AvgIpc) is 2.64. The van der Waals surface area contributed by atoms with Gasteiger partial charge in [-0.05, 0) is 83.2 Å². The Bertz CT molecular complexity index is 1060. The molecule has 3 heterocycles. The van der Waals surface area contributed by atoms with E-state index in [1.54, 1.807) is 6.07 Å². The number of hydrogen-bond acceptors (Lipinski definition) is 6. The van der Waals surface area contributed by atoms with E-state index in [1.807, 2.05) is 37.4 Å². The van der Waals surface area contributed by atoms with Crippen LogP contribution in [0.2, 0.25) is 0 Å². The molecule has 30 heavy (non-hydrogen) atoms. The summed E-state index contributed by atoms with van der Waals surface area (Å²) >= 11 is 0. The number of nitrogens with zero attached hydrogens (tertiary/aromatic N) is 4. The fourth-order valence-electron chi connectivity index (χ4n) is 4.88. The first kappa shape index (κ1) is 20.5. The van der Waals surface area contributed by atoms with Crippen molar-refractivity contribution in [2.45, 2.75) is 64.6 Å². The van der Waals surface area contributed by atoms with Gasteiger partial charge in [0.05, 0.1) is 5.69 Å². The molecule has 0 saturated carbocycles. The number of aromatic nitrogens is 3. The lowest BCUT2D eigenvalue weighted by molar-refractivity contribution is 0.160. The second-order valence-electron chi connectivity index (χ2n) is 9.88. The fourth-order valence-corrected chi connectivity index (χ4v) is 4.88. The molecule has 1 aromatic carbocycles. The van der Waals surface area contributed by atoms with Crippen molar-refractivity contribution in [3.05, 3.63) is 42.2 Å². The van der Waals surface area contributed by atoms with Crippen molar-refractivity contribution in [1.82, 2.24) is 20.5 Å². The van der Waals surface area contributed by atoms with Gasteiger partial charge in [-0.2, -0.15) is 0 Å². The lowest BCUT2D eigenvalue weighted by Crippen LogP contribution is -2.62. The number of benzene rings is 1. The molecular formula is C24H31N5O. The Hall–Kier alpha value is -2.73. The van der Waals surface area contributed by atoms with Gasteiger partial charge in [0, 0.05) is 47.0 Å². The second kappa shape index (κ2) is 7.20. The minimum atomic E-state index is 0.0668. The van der Waals surface area contributed by atoms with Crippen molar-refractivity contribution in [3.8, 4) is 17.0 Å². The predicted molar refractivity (Wildman–Crippen MR) is 122 cm³/mol. The number of hydrogen-bond donors (Lipinski definition) is 2. The normalized spacial score (nSPS) is 18.5. The highest BCUT2D eigenvalue weighted by atomic mass is 16.3. The van der Waals surface area contributed by atoms with Crippen molar-refractivity contribution in [3.63, 3.8) is 0 Å². The van der Waals surface area contributed by atoms with Crippen LogP contribution in [0.15, 0.2) is 36.5 Å². The van der Waals surface area contributed by atoms with Crippen molar-refractivity contribution >= 4 is 16.6 Å². The topological polar surface area (TPSA) is 74.2 Å². The molecule has 1 saturated heterocycles. The van der Waals surface area contributed by atoms with Crippen LogP contribution in [-0.2, 0) is 0 Å². The van der Waals surface area contributed by atoms with Gasteiger partial charge in [0.15, 0.2) is 5.82 Å². The number of piperidine rings is 1. The van der Waals surface area contributed by atoms with Crippen molar-refractivity contribution in [2.75, 3.05) is 11.9 Å². The van der Waals surface area contributed by atoms with Gasteiger partial charge < -0.3 is 15.3 Å². The Morgan fingerprint density at radius 1 is 1.00 bits per heavy atom. The number of rotatable bonds is 3. The molecular weight excluding hydrogens is 374 g/mol. The molecule has 2 N–H and O–H groups in total. The summed E-state index contributed by atoms with van der Waals surface area (Å²) in [6.45, 7) is 10.9. The van der Waals surface area contributed by atoms with E-state index in [0.717, 1.165) is 35.1 Å². The van der Waals surface area contributed by atoms with Gasteiger partial charge in [-0.3, -0.25) is 4.98 Å². The first-order chi connectivity index (χ1) is 14.0. The SMILES string of the molecule is Cc1cc2cc(O)c(-c3ccc(N(C)C4CC(C)(C)NC(C)(C)C4)nn3)cc2cn1. The lowest BCUT2D eigenvalue weighted by Gasteiger charge is -2.49. The number of nitrogens with one attached hydrogen (secondary N) is 1. The molecule has 158 valence electrons. The second-order valence-corrected chi connectivity index (χ2v) is 9.88. The van der Waals surface area contributed by atoms with Crippen LogP contribution in [0.5, 0.6) is 5.75 Å². The van der Waals surface area contributed by atoms with Crippen molar-refractivity contribution < 1.29 is 5.11 Å². The third-order valence-corrected chi connectivity index (χ3v) is 5.98. The van der Waals surface area contributed by atoms with Crippen LogP contribution in [0, 0.1) is 6.92 Å². The molecule has 2 aromatic heterocycles. The molecule has 6 heteroatoms. The van der Waals surface area contributed by atoms with E-state index in [0.29, 0.717) is 17.3 Å². The van der Waals surface area contributed by atoms with Crippen LogP contribution < -0.4 is 10.2 Å². The maximum absolute atomic E-state index is 10.5. The van der Waals surface area contributed by atoms with E-state index in [4.69, 9.17) is 0 Å². The molecule has 1 aliphatic rings. The molecule has 0 aliphatic carbocycles. The first-order valence-corrected chi connectivity index (χ1v) is 10.5. The van der Waals surface area contributed by atoms with E-state index < -0.39 is 0 Å². The Kier molecular flexibility index (Phi) is 4.93. The van der Waals surface area contributed by atoms with Crippen LogP contribution in [0.4, 0.5) is 5.82 Å². The number of pyridine rings is 1. The maximum Gasteiger partial charge on any atom is 0.151 e. The average molecular weight is 406 g/mol. The third kappa shape index (κ3) is 4.10. The molecule has 6 nitrogen and oxygen atoms in total. The zero-order chi connectivity index (χ0) is 21.7. The Morgan fingerprint density at radius 2 is 1.70 bits per heavy atom. The summed E-state index contributed by atoms with van der Waals surface area (Å²) in [5, 5.41) is 25.1. The summed E-state index contributed by atoms with van der Waals surface area (Å²) in [4.78, 5) is 6.58. The molecule has 0 amide bonds. The number of aryl methyl sites for hydroxylation is 1. The van der Waals surface area contributed by atoms with Gasteiger partial charge in [0.25, 0.3) is 0 Å². The molecule has 1 fully saturated rings. The van der Waals surface area contributed by atoms with Gasteiger partial charge in [-0.1, -0.05) is 0 Å². The summed E-state index contributed by atoms with van der Waals surface area (Å²) in [6, 6.07) is 9.94. The quantitative estimate of drug-likeness (QED) is 0.671. The van der Waals surface area contributed by atoms with E-state index in [1.165, 1.54) is 0 Å². The molecule has 4 rings (SSSR count). The zero-order valence-electron chi connectivity index (χ0n) is 18.7. The first-order valence-electron chi connectivity index (χ1n) is 10.5. The smallest absolute Gasteiger partial charge is 0.151 e. The predicted octanol–water partition coefficient (Wildman–Crippen LogP) is 4.45. The minimum absolute atomic E-state index is 0.0668. The molecule has 1 aliphatic heterocycles. The standard InChI is InChI=1S/C24H31N5O/c1-15-9-16-11-21(30)19(10-17(16)14-25-15)20-7-8-22(27-26-20)29(6)18-12-23(2,3)28-24(4,5)13-18/h7-11,14,18,28,30H,12-13H2,1-6H3. The number of anilines is 1. The number of phenols is 1. The molecule has 0 atom stereocenters. The minimum Gasteiger partial charge on any atom is -0.507 e. The summed E-state index contributed by atoms with van der Waals surface area (Å²) < 4.78 is 0. The van der Waals surface area contributed by atoms with Gasteiger partial charge in [-0.25, -0.2) is 0 Å². The van der Waals surface area contributed by atoms with E-state index >= 15 is 0 Å². The Labute approximate surface area is 178 Å². The maximum atomic E-state index is 10.5. The lowest BCUT2D eigenvalue weighted by atomic mass is 9.79. The summed E-state index contributed by atoms with van der Waals surface area (Å²) in [5.74, 6) is 1.04. The number of phenolic OH excluding ortho intramolecular Hbond substituents is 1. The van der Waals surface area contributed by atoms with Gasteiger partial charge in [0.2, 0.25) is 0 Å². The molecule has 0 unspecified atom stereocenters. The van der Waals surface area contributed by atoms with E-state index in [2.05, 4.69) is 60.1 Å². The molecule has 0 radical (unpaired) electrons. The summed E-state index contributed by atoms with van der Waals surface area (Å²) in [7, 11) is 2.09. The van der Waals surface area contributed by atoms with Crippen LogP contribution in [-0.4, -0.2) is 44.5 Å². The zero-order valence-corrected chi connectivity index (χ0v) is 18.7. The van der Waals surface area contributed by atoms with E-state index in [-0.39, 0.29) is 16.8 Å². The van der Waals surface area contributed by atoms with Crippen molar-refractivity contribution in [1.29, 1.82) is 0 Å². The number of fused-ring (bicyclic) bond motifs is 1. The van der Waals surface area contributed by atoms with Crippen LogP contribution >= 0.6 is 0 Å². The van der Waals surface area contributed by atoms with Crippen molar-refractivity contribution in [2.24, 2.45) is 0 Å². The highest BCUT2D eigenvalue weighted by Crippen LogP contribution is 2.34. The highest BCUT2D eigenvalue weighted by molar-refractivity contribution is 5.89. The monoisotopic (exact) mass is 405 g/mol. The summed E-state index contributed by atoms with van der Waals surface area (Å²) in [6.07, 6.45) is 3.90. The molecule has 3 aromatic rings. The number of aromatic hydroxyl groups is 1. The van der Waals surface area contributed by atoms with Gasteiger partial charge in [0.1, 0.15) is 5.75 Å². The fraction of sp³-hybridized carbons (Fsp3) is 0.458. The highest BCUT2D eigenvalue weighted by Gasteiger charge is 2.39. The van der Waals surface area contributed by atoms with E-state index in [9.17, 15) is 5.11 Å². The summed E-state index contributed by atoms with van der Waals surface area (Å²) in [5.41, 5.74) is 2.37. The Balaban J connectivity index is 1.61. The van der Waals surface area contributed by atoms with Crippen LogP contribution in [0.1, 0.15) is 46.2 Å².